The Bertz CT molecular complexity index is 2170. The summed E-state index contributed by atoms with van der Waals surface area (Å²) in [5, 5.41) is 8.02. The number of para-hydroxylation sites is 4. The molecule has 7 aromatic rings. The summed E-state index contributed by atoms with van der Waals surface area (Å²) in [6.07, 6.45) is 0. The molecule has 1 N–H and O–H groups in total. The topological polar surface area (TPSA) is 56.0 Å². The van der Waals surface area contributed by atoms with Gasteiger partial charge in [0.2, 0.25) is 0 Å². The van der Waals surface area contributed by atoms with Gasteiger partial charge in [-0.05, 0) is 55.8 Å². The lowest BCUT2D eigenvalue weighted by molar-refractivity contribution is 0.0945. The van der Waals surface area contributed by atoms with Crippen molar-refractivity contribution in [1.82, 2.24) is 14.5 Å². The molecule has 1 aliphatic rings. The lowest BCUT2D eigenvalue weighted by atomic mass is 9.79. The monoisotopic (exact) mass is 605 g/mol. The van der Waals surface area contributed by atoms with Gasteiger partial charge < -0.3 is 5.32 Å². The number of aromatic nitrogens is 2. The van der Waals surface area contributed by atoms with Gasteiger partial charge in [-0.25, -0.2) is 0 Å². The highest BCUT2D eigenvalue weighted by atomic mass is 35.5. The van der Waals surface area contributed by atoms with Crippen LogP contribution in [0.1, 0.15) is 34.9 Å². The van der Waals surface area contributed by atoms with Crippen LogP contribution in [0.15, 0.2) is 144 Å². The van der Waals surface area contributed by atoms with Crippen molar-refractivity contribution in [2.45, 2.75) is 19.8 Å². The van der Waals surface area contributed by atoms with Crippen molar-refractivity contribution < 1.29 is 9.59 Å². The van der Waals surface area contributed by atoms with Crippen LogP contribution in [0.5, 0.6) is 0 Å². The molecule has 0 spiro atoms. The van der Waals surface area contributed by atoms with Crippen molar-refractivity contribution in [1.29, 1.82) is 0 Å². The Balaban J connectivity index is 1.38. The maximum Gasteiger partial charge on any atom is 0.261 e. The first-order chi connectivity index (χ1) is 21.9. The molecule has 0 atom stereocenters. The number of dihydropyridines is 1. The van der Waals surface area contributed by atoms with E-state index in [2.05, 4.69) is 5.32 Å². The summed E-state index contributed by atoms with van der Waals surface area (Å²) in [5.74, 6) is -1.02. The van der Waals surface area contributed by atoms with E-state index in [1.807, 2.05) is 135 Å². The smallest absolute Gasteiger partial charge is 0.261 e. The van der Waals surface area contributed by atoms with Gasteiger partial charge in [-0.15, -0.1) is 0 Å². The van der Waals surface area contributed by atoms with Crippen LogP contribution in [0, 0.1) is 0 Å². The van der Waals surface area contributed by atoms with E-state index < -0.39 is 5.92 Å². The minimum absolute atomic E-state index is 0.183. The van der Waals surface area contributed by atoms with Gasteiger partial charge in [0.25, 0.3) is 11.8 Å². The summed E-state index contributed by atoms with van der Waals surface area (Å²) in [4.78, 5) is 30.1. The van der Waals surface area contributed by atoms with Crippen LogP contribution in [-0.2, 0) is 0 Å². The average Bonchev–Trinajstić information content (AvgIpc) is 3.57. The predicted molar refractivity (Wildman–Crippen MR) is 183 cm³/mol. The number of nitrogens with one attached hydrogen (secondary N) is 1. The van der Waals surface area contributed by atoms with Gasteiger partial charge in [-0.3, -0.25) is 18.7 Å². The molecule has 0 radical (unpaired) electrons. The summed E-state index contributed by atoms with van der Waals surface area (Å²) >= 11 is 6.35. The Morgan fingerprint density at radius 1 is 0.533 bits per heavy atom. The Morgan fingerprint density at radius 2 is 0.867 bits per heavy atom. The van der Waals surface area contributed by atoms with E-state index in [4.69, 9.17) is 11.6 Å². The minimum atomic E-state index is -0.650. The molecular weight excluding hydrogens is 578 g/mol. The van der Waals surface area contributed by atoms with Crippen molar-refractivity contribution in [3.05, 3.63) is 154 Å². The zero-order valence-electron chi connectivity index (χ0n) is 24.7. The van der Waals surface area contributed by atoms with Crippen LogP contribution in [0.4, 0.5) is 0 Å². The quantitative estimate of drug-likeness (QED) is 0.218. The van der Waals surface area contributed by atoms with E-state index in [1.165, 1.54) is 0 Å². The number of benzene rings is 5. The molecule has 5 aromatic carbocycles. The van der Waals surface area contributed by atoms with Crippen molar-refractivity contribution >= 4 is 67.0 Å². The highest BCUT2D eigenvalue weighted by Gasteiger charge is 2.39. The van der Waals surface area contributed by atoms with Crippen LogP contribution in [0.25, 0.3) is 43.6 Å². The highest BCUT2D eigenvalue weighted by molar-refractivity contribution is 6.30. The fourth-order valence-electron chi connectivity index (χ4n) is 7.07. The summed E-state index contributed by atoms with van der Waals surface area (Å²) in [6, 6.07) is 39.3. The number of fused-ring (bicyclic) bond motifs is 6. The lowest BCUT2D eigenvalue weighted by Crippen LogP contribution is -2.34. The number of carbonyl (C=O) groups excluding carboxylic acids is 2. The van der Waals surface area contributed by atoms with Crippen molar-refractivity contribution in [2.24, 2.45) is 0 Å². The third kappa shape index (κ3) is 4.08. The number of allylic oxidation sites excluding steroid dienone is 4. The minimum Gasteiger partial charge on any atom is -0.362 e. The third-order valence-electron chi connectivity index (χ3n) is 8.99. The number of hydrogen-bond acceptors (Lipinski definition) is 3. The lowest BCUT2D eigenvalue weighted by Gasteiger charge is -2.32. The molecule has 0 saturated carbocycles. The Hall–Kier alpha value is -5.39. The zero-order valence-corrected chi connectivity index (χ0v) is 25.5. The molecule has 6 heteroatoms. The maximum atomic E-state index is 15.0. The summed E-state index contributed by atoms with van der Waals surface area (Å²) < 4.78 is 3.58. The van der Waals surface area contributed by atoms with Crippen LogP contribution in [0.2, 0.25) is 5.02 Å². The molecular formula is C39H28ClN3O2. The van der Waals surface area contributed by atoms with Gasteiger partial charge in [0.05, 0.1) is 22.1 Å². The number of carbonyl (C=O) groups is 2. The van der Waals surface area contributed by atoms with E-state index >= 15 is 9.59 Å². The maximum absolute atomic E-state index is 15.0. The van der Waals surface area contributed by atoms with E-state index in [0.717, 1.165) is 49.2 Å². The fraction of sp³-hybridized carbons (Fsp3) is 0.0769. The first kappa shape index (κ1) is 27.2. The largest absolute Gasteiger partial charge is 0.362 e. The standard InChI is InChI=1S/C39H28ClN3O2/c1-23-35(38(44)42-31-15-7-3-11-27(31)28-12-4-8-16-32(28)42)37(25-19-21-26(40)22-20-25)36(24(2)41-23)39(45)43-33-17-9-5-13-29(33)30-14-6-10-18-34(30)43/h3-22,37,41H,1-2H3. The van der Waals surface area contributed by atoms with Crippen molar-refractivity contribution in [3.63, 3.8) is 0 Å². The molecule has 3 heterocycles. The number of hydrogen-bond donors (Lipinski definition) is 1. The number of nitrogens with zero attached hydrogens (tertiary/aromatic N) is 2. The Labute approximate surface area is 264 Å². The molecule has 8 rings (SSSR count). The zero-order chi connectivity index (χ0) is 30.8. The Morgan fingerprint density at radius 3 is 1.22 bits per heavy atom. The van der Waals surface area contributed by atoms with E-state index in [-0.39, 0.29) is 11.8 Å². The van der Waals surface area contributed by atoms with Crippen molar-refractivity contribution in [2.75, 3.05) is 0 Å². The molecule has 0 bridgehead atoms. The second-order valence-electron chi connectivity index (χ2n) is 11.5. The molecule has 218 valence electrons. The van der Waals surface area contributed by atoms with Gasteiger partial charge in [0, 0.05) is 55.0 Å². The van der Waals surface area contributed by atoms with Gasteiger partial charge in [-0.2, -0.15) is 0 Å². The Kier molecular flexibility index (Phi) is 6.26. The predicted octanol–water partition coefficient (Wildman–Crippen LogP) is 9.47. The highest BCUT2D eigenvalue weighted by Crippen LogP contribution is 2.42. The second-order valence-corrected chi connectivity index (χ2v) is 12.0. The molecule has 0 saturated heterocycles. The summed E-state index contributed by atoms with van der Waals surface area (Å²) in [6.45, 7) is 3.82. The summed E-state index contributed by atoms with van der Waals surface area (Å²) in [5.41, 5.74) is 6.53. The molecule has 5 nitrogen and oxygen atoms in total. The SMILES string of the molecule is CC1=C(C(=O)n2c3ccccc3c3ccccc32)C(c2ccc(Cl)cc2)C(C(=O)n2c3ccccc3c3ccccc32)=C(C)N1. The van der Waals surface area contributed by atoms with Crippen LogP contribution < -0.4 is 5.32 Å². The molecule has 0 fully saturated rings. The normalized spacial score (nSPS) is 14.2. The van der Waals surface area contributed by atoms with Crippen LogP contribution in [0.3, 0.4) is 0 Å². The summed E-state index contributed by atoms with van der Waals surface area (Å²) in [7, 11) is 0. The van der Waals surface area contributed by atoms with Gasteiger partial charge in [0.1, 0.15) is 0 Å². The second kappa shape index (κ2) is 10.4. The van der Waals surface area contributed by atoms with E-state index in [1.54, 1.807) is 9.13 Å². The van der Waals surface area contributed by atoms with Crippen LogP contribution >= 0.6 is 11.6 Å². The fourth-order valence-corrected chi connectivity index (χ4v) is 7.20. The van der Waals surface area contributed by atoms with Crippen molar-refractivity contribution in [3.8, 4) is 0 Å². The first-order valence-electron chi connectivity index (χ1n) is 14.9. The molecule has 0 unspecified atom stereocenters. The number of rotatable bonds is 3. The molecule has 0 amide bonds. The number of halogens is 1. The van der Waals surface area contributed by atoms with Crippen LogP contribution in [-0.4, -0.2) is 20.9 Å². The molecule has 0 aliphatic carbocycles. The molecule has 1 aliphatic heterocycles. The first-order valence-corrected chi connectivity index (χ1v) is 15.3. The molecule has 45 heavy (non-hydrogen) atoms. The van der Waals surface area contributed by atoms with Gasteiger partial charge in [-0.1, -0.05) is 96.5 Å². The van der Waals surface area contributed by atoms with Gasteiger partial charge >= 0.3 is 0 Å². The average molecular weight is 606 g/mol. The van der Waals surface area contributed by atoms with E-state index in [0.29, 0.717) is 27.6 Å². The third-order valence-corrected chi connectivity index (χ3v) is 9.24. The van der Waals surface area contributed by atoms with Gasteiger partial charge in [0.15, 0.2) is 0 Å². The van der Waals surface area contributed by atoms with E-state index in [9.17, 15) is 0 Å². The molecule has 2 aromatic heterocycles.